The van der Waals surface area contributed by atoms with Crippen molar-refractivity contribution in [2.24, 2.45) is 5.14 Å². The van der Waals surface area contributed by atoms with Gasteiger partial charge < -0.3 is 9.84 Å². The Kier molecular flexibility index (Phi) is 5.00. The minimum absolute atomic E-state index is 0.0436. The summed E-state index contributed by atoms with van der Waals surface area (Å²) in [6, 6.07) is 8.49. The molecule has 0 spiro atoms. The standard InChI is InChI=1S/C15H21N3O3S/c1-10(2)15-8-13(21-18-15)9-17-11(3)12-4-6-14(7-5-12)22(16,19)20/h4-8,10-11,17H,9H2,1-3H3,(H2,16,19,20)/t11-/m0/s1. The molecule has 1 aromatic carbocycles. The molecule has 0 saturated heterocycles. The van der Waals surface area contributed by atoms with E-state index in [0.29, 0.717) is 12.5 Å². The van der Waals surface area contributed by atoms with Gasteiger partial charge in [0.2, 0.25) is 10.0 Å². The summed E-state index contributed by atoms with van der Waals surface area (Å²) in [5.74, 6) is 1.11. The second-order valence-corrected chi connectivity index (χ2v) is 7.15. The van der Waals surface area contributed by atoms with Crippen molar-refractivity contribution in [3.8, 4) is 0 Å². The van der Waals surface area contributed by atoms with Crippen molar-refractivity contribution in [2.45, 2.75) is 44.2 Å². The Morgan fingerprint density at radius 2 is 1.86 bits per heavy atom. The van der Waals surface area contributed by atoms with Crippen LogP contribution in [0.5, 0.6) is 0 Å². The van der Waals surface area contributed by atoms with Gasteiger partial charge in [-0.2, -0.15) is 0 Å². The number of primary sulfonamides is 1. The van der Waals surface area contributed by atoms with E-state index in [1.807, 2.05) is 13.0 Å². The zero-order chi connectivity index (χ0) is 16.3. The highest BCUT2D eigenvalue weighted by molar-refractivity contribution is 7.89. The van der Waals surface area contributed by atoms with E-state index in [9.17, 15) is 8.42 Å². The Morgan fingerprint density at radius 1 is 1.23 bits per heavy atom. The molecule has 0 fully saturated rings. The molecule has 1 atom stereocenters. The van der Waals surface area contributed by atoms with Crippen LogP contribution in [0.3, 0.4) is 0 Å². The number of benzene rings is 1. The van der Waals surface area contributed by atoms with Crippen LogP contribution in [0.1, 0.15) is 49.7 Å². The van der Waals surface area contributed by atoms with Gasteiger partial charge in [0.1, 0.15) is 0 Å². The fourth-order valence-corrected chi connectivity index (χ4v) is 2.52. The lowest BCUT2D eigenvalue weighted by atomic mass is 10.1. The summed E-state index contributed by atoms with van der Waals surface area (Å²) in [6.45, 7) is 6.67. The molecule has 1 heterocycles. The van der Waals surface area contributed by atoms with Crippen LogP contribution in [-0.2, 0) is 16.6 Å². The van der Waals surface area contributed by atoms with Crippen LogP contribution in [0.15, 0.2) is 39.8 Å². The largest absolute Gasteiger partial charge is 0.360 e. The molecular weight excluding hydrogens is 302 g/mol. The molecule has 6 nitrogen and oxygen atoms in total. The molecule has 0 aliphatic heterocycles. The SMILES string of the molecule is CC(C)c1cc(CN[C@@H](C)c2ccc(S(N)(=O)=O)cc2)on1. The topological polar surface area (TPSA) is 98.2 Å². The first kappa shape index (κ1) is 16.7. The van der Waals surface area contributed by atoms with Gasteiger partial charge in [0.15, 0.2) is 5.76 Å². The third-order valence-electron chi connectivity index (χ3n) is 3.46. The van der Waals surface area contributed by atoms with Gasteiger partial charge in [0.05, 0.1) is 17.1 Å². The van der Waals surface area contributed by atoms with Crippen molar-refractivity contribution >= 4 is 10.0 Å². The number of sulfonamides is 1. The van der Waals surface area contributed by atoms with Crippen molar-refractivity contribution in [3.05, 3.63) is 47.3 Å². The molecule has 2 rings (SSSR count). The molecule has 0 saturated carbocycles. The molecule has 0 bridgehead atoms. The molecule has 3 N–H and O–H groups in total. The summed E-state index contributed by atoms with van der Waals surface area (Å²) >= 11 is 0. The van der Waals surface area contributed by atoms with Crippen LogP contribution in [0.2, 0.25) is 0 Å². The second kappa shape index (κ2) is 6.60. The lowest BCUT2D eigenvalue weighted by Gasteiger charge is -2.13. The van der Waals surface area contributed by atoms with Crippen LogP contribution >= 0.6 is 0 Å². The van der Waals surface area contributed by atoms with Gasteiger partial charge in [-0.25, -0.2) is 13.6 Å². The lowest BCUT2D eigenvalue weighted by Crippen LogP contribution is -2.18. The van der Waals surface area contributed by atoms with Crippen LogP contribution in [0.25, 0.3) is 0 Å². The molecule has 0 aliphatic rings. The number of aromatic nitrogens is 1. The number of hydrogen-bond donors (Lipinski definition) is 2. The first-order valence-corrected chi connectivity index (χ1v) is 8.63. The van der Waals surface area contributed by atoms with E-state index in [1.54, 1.807) is 12.1 Å². The van der Waals surface area contributed by atoms with Crippen molar-refractivity contribution in [3.63, 3.8) is 0 Å². The minimum atomic E-state index is -3.65. The van der Waals surface area contributed by atoms with Crippen molar-refractivity contribution < 1.29 is 12.9 Å². The summed E-state index contributed by atoms with van der Waals surface area (Å²) in [5.41, 5.74) is 1.90. The van der Waals surface area contributed by atoms with Gasteiger partial charge in [-0.05, 0) is 30.5 Å². The summed E-state index contributed by atoms with van der Waals surface area (Å²) in [5, 5.41) is 12.4. The molecule has 120 valence electrons. The third-order valence-corrected chi connectivity index (χ3v) is 4.39. The Balaban J connectivity index is 1.98. The maximum atomic E-state index is 11.2. The van der Waals surface area contributed by atoms with E-state index in [-0.39, 0.29) is 10.9 Å². The van der Waals surface area contributed by atoms with Gasteiger partial charge in [-0.1, -0.05) is 31.1 Å². The van der Waals surface area contributed by atoms with E-state index in [2.05, 4.69) is 24.3 Å². The Bertz CT molecular complexity index is 721. The second-order valence-electron chi connectivity index (χ2n) is 5.59. The van der Waals surface area contributed by atoms with Crippen LogP contribution < -0.4 is 10.5 Å². The predicted molar refractivity (Wildman–Crippen MR) is 83.7 cm³/mol. The third kappa shape index (κ3) is 4.16. The molecule has 0 aliphatic carbocycles. The molecule has 2 aromatic rings. The first-order chi connectivity index (χ1) is 10.3. The van der Waals surface area contributed by atoms with E-state index in [0.717, 1.165) is 17.0 Å². The summed E-state index contributed by atoms with van der Waals surface area (Å²) in [4.78, 5) is 0.111. The quantitative estimate of drug-likeness (QED) is 0.850. The zero-order valence-electron chi connectivity index (χ0n) is 12.9. The van der Waals surface area contributed by atoms with Crippen molar-refractivity contribution in [1.29, 1.82) is 0 Å². The fraction of sp³-hybridized carbons (Fsp3) is 0.400. The average molecular weight is 323 g/mol. The molecule has 0 amide bonds. The maximum absolute atomic E-state index is 11.2. The number of nitrogens with two attached hydrogens (primary N) is 1. The highest BCUT2D eigenvalue weighted by Crippen LogP contribution is 2.17. The maximum Gasteiger partial charge on any atom is 0.238 e. The minimum Gasteiger partial charge on any atom is -0.360 e. The average Bonchev–Trinajstić information content (AvgIpc) is 2.93. The predicted octanol–water partition coefficient (Wildman–Crippen LogP) is 2.30. The molecular formula is C15H21N3O3S. The van der Waals surface area contributed by atoms with Crippen LogP contribution in [0, 0.1) is 0 Å². The first-order valence-electron chi connectivity index (χ1n) is 7.09. The molecule has 22 heavy (non-hydrogen) atoms. The normalized spacial score (nSPS) is 13.5. The van der Waals surface area contributed by atoms with Crippen molar-refractivity contribution in [2.75, 3.05) is 0 Å². The van der Waals surface area contributed by atoms with E-state index in [4.69, 9.17) is 9.66 Å². The monoisotopic (exact) mass is 323 g/mol. The molecule has 7 heteroatoms. The smallest absolute Gasteiger partial charge is 0.238 e. The van der Waals surface area contributed by atoms with Gasteiger partial charge in [-0.15, -0.1) is 0 Å². The van der Waals surface area contributed by atoms with Gasteiger partial charge in [0.25, 0.3) is 0 Å². The van der Waals surface area contributed by atoms with Crippen LogP contribution in [0.4, 0.5) is 0 Å². The number of hydrogen-bond acceptors (Lipinski definition) is 5. The molecule has 1 aromatic heterocycles. The van der Waals surface area contributed by atoms with Gasteiger partial charge in [-0.3, -0.25) is 0 Å². The lowest BCUT2D eigenvalue weighted by molar-refractivity contribution is 0.359. The Hall–Kier alpha value is -1.70. The highest BCUT2D eigenvalue weighted by atomic mass is 32.2. The number of nitrogens with one attached hydrogen (secondary N) is 1. The summed E-state index contributed by atoms with van der Waals surface area (Å²) in [6.07, 6.45) is 0. The number of rotatable bonds is 6. The van der Waals surface area contributed by atoms with E-state index >= 15 is 0 Å². The molecule has 0 radical (unpaired) electrons. The van der Waals surface area contributed by atoms with Crippen LogP contribution in [-0.4, -0.2) is 13.6 Å². The fourth-order valence-electron chi connectivity index (χ4n) is 2.00. The van der Waals surface area contributed by atoms with Gasteiger partial charge in [0, 0.05) is 12.1 Å². The highest BCUT2D eigenvalue weighted by Gasteiger charge is 2.11. The number of nitrogens with zero attached hydrogens (tertiary/aromatic N) is 1. The molecule has 0 unspecified atom stereocenters. The van der Waals surface area contributed by atoms with Crippen molar-refractivity contribution in [1.82, 2.24) is 10.5 Å². The Labute approximate surface area is 130 Å². The van der Waals surface area contributed by atoms with E-state index < -0.39 is 10.0 Å². The summed E-state index contributed by atoms with van der Waals surface area (Å²) < 4.78 is 27.7. The zero-order valence-corrected chi connectivity index (χ0v) is 13.7. The van der Waals surface area contributed by atoms with Gasteiger partial charge >= 0.3 is 0 Å². The van der Waals surface area contributed by atoms with E-state index in [1.165, 1.54) is 12.1 Å². The summed E-state index contributed by atoms with van der Waals surface area (Å²) in [7, 11) is -3.65. The Morgan fingerprint density at radius 3 is 2.36 bits per heavy atom.